The molecule has 2 heterocycles. The highest BCUT2D eigenvalue weighted by atomic mass is 16.5. The average Bonchev–Trinajstić information content (AvgIpc) is 3.90. The minimum Gasteiger partial charge on any atom is -0.394 e. The van der Waals surface area contributed by atoms with Gasteiger partial charge in [0.25, 0.3) is 0 Å². The molecule has 1 aromatic heterocycles. The second kappa shape index (κ2) is 21.6. The van der Waals surface area contributed by atoms with Crippen molar-refractivity contribution in [1.29, 1.82) is 0 Å². The summed E-state index contributed by atoms with van der Waals surface area (Å²) in [6.07, 6.45) is 11.0. The first-order chi connectivity index (χ1) is 25.5. The van der Waals surface area contributed by atoms with Gasteiger partial charge in [-0.15, -0.1) is 5.10 Å². The van der Waals surface area contributed by atoms with E-state index in [4.69, 9.17) is 24.1 Å². The Morgan fingerprint density at radius 3 is 2.21 bits per heavy atom. The highest BCUT2D eigenvalue weighted by Gasteiger charge is 2.58. The molecular formula is C38H62N6O9. The van der Waals surface area contributed by atoms with E-state index in [1.54, 1.807) is 15.8 Å². The van der Waals surface area contributed by atoms with E-state index in [-0.39, 0.29) is 79.4 Å². The second-order valence-electron chi connectivity index (χ2n) is 15.2. The quantitative estimate of drug-likeness (QED) is 0.0733. The summed E-state index contributed by atoms with van der Waals surface area (Å²) in [5, 5.41) is 20.2. The molecule has 1 saturated carbocycles. The molecule has 1 saturated heterocycles. The first-order valence-electron chi connectivity index (χ1n) is 19.5. The maximum absolute atomic E-state index is 13.5. The summed E-state index contributed by atoms with van der Waals surface area (Å²) in [4.78, 5) is 55.6. The van der Waals surface area contributed by atoms with Crippen molar-refractivity contribution in [2.45, 2.75) is 104 Å². The number of nitrogens with one attached hydrogen (secondary N) is 1. The molecule has 0 spiro atoms. The largest absolute Gasteiger partial charge is 0.394 e. The lowest BCUT2D eigenvalue weighted by Crippen LogP contribution is -2.44. The van der Waals surface area contributed by atoms with Gasteiger partial charge in [-0.1, -0.05) is 30.2 Å². The van der Waals surface area contributed by atoms with Gasteiger partial charge in [0.15, 0.2) is 0 Å². The topological polar surface area (TPSA) is 175 Å². The van der Waals surface area contributed by atoms with Crippen LogP contribution < -0.4 is 5.32 Å². The highest BCUT2D eigenvalue weighted by Crippen LogP contribution is 2.52. The number of unbranched alkanes of at least 4 members (excludes halogenated alkanes) is 3. The lowest BCUT2D eigenvalue weighted by molar-refractivity contribution is -0.140. The molecule has 2 N–H and O–H groups in total. The minimum atomic E-state index is -0.459. The number of likely N-dealkylation sites (tertiary alicyclic amines) is 1. The molecule has 1 aliphatic heterocycles. The number of nitrogens with zero attached hydrogens (tertiary/aromatic N) is 5. The molecule has 2 bridgehead atoms. The molecular weight excluding hydrogens is 684 g/mol. The van der Waals surface area contributed by atoms with Crippen molar-refractivity contribution >= 4 is 23.6 Å². The SMILES string of the molecule is CC(C)OCCC(C)(C)NC(=O)CCC(=O)N(CCCCCCN1C(=O)[C@@H]2[C@H](C1=O)[C@H]1C=C[C@@H]2C1)Cc1cn(CCOCCOCCOCCO)nn1. The molecule has 2 aliphatic carbocycles. The number of fused-ring (bicyclic) bond motifs is 5. The number of carbonyl (C=O) groups excluding carboxylic acids is 4. The number of rotatable bonds is 28. The van der Waals surface area contributed by atoms with Crippen molar-refractivity contribution in [3.63, 3.8) is 0 Å². The lowest BCUT2D eigenvalue weighted by Gasteiger charge is -2.27. The van der Waals surface area contributed by atoms with E-state index in [0.29, 0.717) is 78.0 Å². The Morgan fingerprint density at radius 1 is 0.906 bits per heavy atom. The van der Waals surface area contributed by atoms with Crippen LogP contribution in [0.25, 0.3) is 0 Å². The van der Waals surface area contributed by atoms with Crippen LogP contribution in [-0.2, 0) is 51.2 Å². The molecule has 53 heavy (non-hydrogen) atoms. The zero-order valence-corrected chi connectivity index (χ0v) is 32.2. The molecule has 2 fully saturated rings. The van der Waals surface area contributed by atoms with Gasteiger partial charge >= 0.3 is 0 Å². The number of hydrogen-bond acceptors (Lipinski definition) is 11. The van der Waals surface area contributed by atoms with Crippen LogP contribution in [0.15, 0.2) is 18.3 Å². The standard InChI is InChI=1S/C38H62N6O9/c1-28(2)53-18-13-38(3,4)39-32(46)11-12-33(47)42(26-31-27-43(41-40-31)16-19-50-21-23-52-24-22-51-20-17-45)14-7-5-6-8-15-44-36(48)34-29-9-10-30(25-29)35(34)37(44)49/h9-10,27-30,34-35,45H,5-8,11-26H2,1-4H3,(H,39,46)/t29-,30+,34+,35-. The van der Waals surface area contributed by atoms with Gasteiger partial charge in [-0.3, -0.25) is 24.1 Å². The van der Waals surface area contributed by atoms with Crippen molar-refractivity contribution in [2.75, 3.05) is 65.9 Å². The minimum absolute atomic E-state index is 0.00430. The predicted octanol–water partition coefficient (Wildman–Crippen LogP) is 2.51. The van der Waals surface area contributed by atoms with Crippen LogP contribution >= 0.6 is 0 Å². The number of aliphatic hydroxyl groups excluding tert-OH is 1. The predicted molar refractivity (Wildman–Crippen MR) is 195 cm³/mol. The van der Waals surface area contributed by atoms with Crippen LogP contribution in [-0.4, -0.2) is 131 Å². The molecule has 0 unspecified atom stereocenters. The third kappa shape index (κ3) is 13.5. The van der Waals surface area contributed by atoms with E-state index in [2.05, 4.69) is 27.8 Å². The van der Waals surface area contributed by atoms with Crippen molar-refractivity contribution in [2.24, 2.45) is 23.7 Å². The van der Waals surface area contributed by atoms with Gasteiger partial charge in [0, 0.05) is 38.1 Å². The molecule has 4 atom stereocenters. The van der Waals surface area contributed by atoms with Gasteiger partial charge in [0.05, 0.1) is 83.5 Å². The maximum atomic E-state index is 13.5. The number of carbonyl (C=O) groups is 4. The van der Waals surface area contributed by atoms with Gasteiger partial charge in [0.2, 0.25) is 23.6 Å². The molecule has 4 amide bonds. The van der Waals surface area contributed by atoms with Gasteiger partial charge in [-0.2, -0.15) is 0 Å². The Bertz CT molecular complexity index is 1320. The van der Waals surface area contributed by atoms with Gasteiger partial charge in [-0.05, 0) is 65.2 Å². The Morgan fingerprint density at radius 2 is 1.55 bits per heavy atom. The van der Waals surface area contributed by atoms with Crippen LogP contribution in [0.2, 0.25) is 0 Å². The fourth-order valence-electron chi connectivity index (χ4n) is 7.31. The van der Waals surface area contributed by atoms with Crippen molar-refractivity contribution < 1.29 is 43.2 Å². The molecule has 0 radical (unpaired) electrons. The number of hydrogen-bond donors (Lipinski definition) is 2. The van der Waals surface area contributed by atoms with Crippen LogP contribution in [0, 0.1) is 23.7 Å². The van der Waals surface area contributed by atoms with Gasteiger partial charge < -0.3 is 34.3 Å². The van der Waals surface area contributed by atoms with Crippen LogP contribution in [0.5, 0.6) is 0 Å². The molecule has 15 heteroatoms. The van der Waals surface area contributed by atoms with E-state index in [0.717, 1.165) is 32.1 Å². The molecule has 0 aromatic carbocycles. The first kappa shape index (κ1) is 42.5. The van der Waals surface area contributed by atoms with Gasteiger partial charge in [0.1, 0.15) is 5.69 Å². The summed E-state index contributed by atoms with van der Waals surface area (Å²) in [6.45, 7) is 12.5. The van der Waals surface area contributed by atoms with Crippen molar-refractivity contribution in [3.8, 4) is 0 Å². The Balaban J connectivity index is 1.20. The van der Waals surface area contributed by atoms with Crippen LogP contribution in [0.3, 0.4) is 0 Å². The zero-order chi connectivity index (χ0) is 38.2. The third-order valence-corrected chi connectivity index (χ3v) is 10.1. The number of allylic oxidation sites excluding steroid dienone is 2. The lowest BCUT2D eigenvalue weighted by atomic mass is 9.85. The normalized spacial score (nSPS) is 20.6. The maximum Gasteiger partial charge on any atom is 0.233 e. The number of imide groups is 1. The summed E-state index contributed by atoms with van der Waals surface area (Å²) in [6, 6.07) is 0. The second-order valence-corrected chi connectivity index (χ2v) is 15.2. The number of aromatic nitrogens is 3. The first-order valence-corrected chi connectivity index (χ1v) is 19.5. The Labute approximate surface area is 314 Å². The Kier molecular flexibility index (Phi) is 17.3. The zero-order valence-electron chi connectivity index (χ0n) is 32.2. The summed E-state index contributed by atoms with van der Waals surface area (Å²) >= 11 is 0. The summed E-state index contributed by atoms with van der Waals surface area (Å²) in [5.74, 6) is -0.223. The monoisotopic (exact) mass is 746 g/mol. The number of ether oxygens (including phenoxy) is 4. The van der Waals surface area contributed by atoms with Gasteiger partial charge in [-0.25, -0.2) is 4.68 Å². The molecule has 3 aliphatic rings. The van der Waals surface area contributed by atoms with Crippen LogP contribution in [0.4, 0.5) is 0 Å². The summed E-state index contributed by atoms with van der Waals surface area (Å²) in [5.41, 5.74) is 0.180. The summed E-state index contributed by atoms with van der Waals surface area (Å²) in [7, 11) is 0. The van der Waals surface area contributed by atoms with E-state index in [1.807, 2.05) is 27.7 Å². The summed E-state index contributed by atoms with van der Waals surface area (Å²) < 4.78 is 23.5. The van der Waals surface area contributed by atoms with E-state index >= 15 is 0 Å². The number of amides is 4. The fourth-order valence-corrected chi connectivity index (χ4v) is 7.31. The third-order valence-electron chi connectivity index (χ3n) is 10.1. The molecule has 15 nitrogen and oxygen atoms in total. The van der Waals surface area contributed by atoms with Crippen molar-refractivity contribution in [3.05, 3.63) is 24.0 Å². The molecule has 4 rings (SSSR count). The molecule has 298 valence electrons. The smallest absolute Gasteiger partial charge is 0.233 e. The molecule has 1 aromatic rings. The number of aliphatic hydroxyl groups is 1. The van der Waals surface area contributed by atoms with Crippen LogP contribution in [0.1, 0.15) is 84.8 Å². The fraction of sp³-hybridized carbons (Fsp3) is 0.789. The van der Waals surface area contributed by atoms with Crippen molar-refractivity contribution in [1.82, 2.24) is 30.1 Å². The van der Waals surface area contributed by atoms with E-state index in [9.17, 15) is 19.2 Å². The Hall–Kier alpha value is -3.24. The van der Waals surface area contributed by atoms with E-state index < -0.39 is 5.54 Å². The van der Waals surface area contributed by atoms with E-state index in [1.165, 1.54) is 4.90 Å². The average molecular weight is 747 g/mol. The highest BCUT2D eigenvalue weighted by molar-refractivity contribution is 6.06.